The molecule has 13 heteroatoms. The van der Waals surface area contributed by atoms with Crippen LogP contribution in [-0.4, -0.2) is 68.3 Å². The van der Waals surface area contributed by atoms with Crippen LogP contribution in [0.25, 0.3) is 22.0 Å². The van der Waals surface area contributed by atoms with Crippen molar-refractivity contribution in [1.29, 1.82) is 0 Å². The predicted octanol–water partition coefficient (Wildman–Crippen LogP) is 4.18. The summed E-state index contributed by atoms with van der Waals surface area (Å²) in [5.74, 6) is -2.47. The summed E-state index contributed by atoms with van der Waals surface area (Å²) in [5, 5.41) is 0.830. The zero-order valence-electron chi connectivity index (χ0n) is 23.3. The van der Waals surface area contributed by atoms with Crippen molar-refractivity contribution in [3.63, 3.8) is 0 Å². The van der Waals surface area contributed by atoms with Crippen LogP contribution < -0.4 is 14.4 Å². The molecule has 10 nitrogen and oxygen atoms in total. The number of halogens is 2. The summed E-state index contributed by atoms with van der Waals surface area (Å²) in [6.07, 6.45) is 5.77. The highest BCUT2D eigenvalue weighted by Crippen LogP contribution is 2.34. The molecule has 1 N–H and O–H groups in total. The molecule has 1 fully saturated rings. The van der Waals surface area contributed by atoms with Crippen LogP contribution in [0.4, 0.5) is 20.2 Å². The van der Waals surface area contributed by atoms with Crippen molar-refractivity contribution < 1.29 is 31.5 Å². The minimum absolute atomic E-state index is 0.0575. The molecule has 222 valence electrons. The van der Waals surface area contributed by atoms with E-state index in [0.29, 0.717) is 43.4 Å². The van der Waals surface area contributed by atoms with Gasteiger partial charge in [0.1, 0.15) is 22.2 Å². The number of aromatic nitrogens is 2. The number of carbonyl (C=O) groups excluding carboxylic acids is 2. The Morgan fingerprint density at radius 1 is 0.953 bits per heavy atom. The van der Waals surface area contributed by atoms with Crippen LogP contribution in [0.5, 0.6) is 5.88 Å². The van der Waals surface area contributed by atoms with Gasteiger partial charge in [-0.25, -0.2) is 22.2 Å². The largest absolute Gasteiger partial charge is 0.480 e. The minimum Gasteiger partial charge on any atom is -0.480 e. The number of benzene rings is 2. The van der Waals surface area contributed by atoms with Crippen LogP contribution in [0.3, 0.4) is 0 Å². The molecule has 1 aliphatic rings. The van der Waals surface area contributed by atoms with Gasteiger partial charge in [-0.15, -0.1) is 0 Å². The Balaban J connectivity index is 1.44. The van der Waals surface area contributed by atoms with E-state index in [0.717, 1.165) is 28.7 Å². The summed E-state index contributed by atoms with van der Waals surface area (Å²) in [5.41, 5.74) is 2.80. The number of nitrogens with zero attached hydrogens (tertiary/aromatic N) is 4. The summed E-state index contributed by atoms with van der Waals surface area (Å²) in [7, 11) is -3.21. The first-order chi connectivity index (χ1) is 20.6. The van der Waals surface area contributed by atoms with Crippen molar-refractivity contribution in [1.82, 2.24) is 14.9 Å². The first-order valence-corrected chi connectivity index (χ1v) is 14.7. The van der Waals surface area contributed by atoms with Gasteiger partial charge in [0.25, 0.3) is 10.0 Å². The number of anilines is 2. The van der Waals surface area contributed by atoms with Gasteiger partial charge in [-0.3, -0.25) is 19.3 Å². The third kappa shape index (κ3) is 6.46. The number of rotatable bonds is 8. The Kier molecular flexibility index (Phi) is 8.35. The van der Waals surface area contributed by atoms with E-state index in [1.54, 1.807) is 11.1 Å². The lowest BCUT2D eigenvalue weighted by molar-refractivity contribution is -0.126. The van der Waals surface area contributed by atoms with Crippen LogP contribution in [0.2, 0.25) is 0 Å². The van der Waals surface area contributed by atoms with E-state index in [1.807, 2.05) is 24.3 Å². The van der Waals surface area contributed by atoms with Gasteiger partial charge in [0, 0.05) is 61.3 Å². The van der Waals surface area contributed by atoms with E-state index in [-0.39, 0.29) is 23.3 Å². The number of sulfonamides is 1. The molecular formula is C30H27F2N5O5S. The Morgan fingerprint density at radius 2 is 1.72 bits per heavy atom. The lowest BCUT2D eigenvalue weighted by atomic mass is 10.0. The predicted molar refractivity (Wildman–Crippen MR) is 157 cm³/mol. The van der Waals surface area contributed by atoms with Gasteiger partial charge in [-0.2, -0.15) is 0 Å². The molecule has 1 amide bonds. The van der Waals surface area contributed by atoms with Gasteiger partial charge >= 0.3 is 0 Å². The highest BCUT2D eigenvalue weighted by atomic mass is 32.2. The number of nitrogens with one attached hydrogen (secondary N) is 1. The van der Waals surface area contributed by atoms with Crippen LogP contribution in [0.1, 0.15) is 6.92 Å². The maximum Gasteiger partial charge on any atom is 0.265 e. The van der Waals surface area contributed by atoms with E-state index in [2.05, 4.69) is 19.6 Å². The fourth-order valence-electron chi connectivity index (χ4n) is 4.78. The van der Waals surface area contributed by atoms with E-state index in [4.69, 9.17) is 4.74 Å². The lowest BCUT2D eigenvalue weighted by Gasteiger charge is -2.36. The van der Waals surface area contributed by atoms with Crippen molar-refractivity contribution >= 4 is 44.0 Å². The second-order valence-electron chi connectivity index (χ2n) is 9.78. The van der Waals surface area contributed by atoms with Gasteiger partial charge in [0.2, 0.25) is 11.8 Å². The maximum absolute atomic E-state index is 14.3. The normalized spacial score (nSPS) is 13.9. The average molecular weight is 608 g/mol. The van der Waals surface area contributed by atoms with Crippen molar-refractivity contribution in [3.05, 3.63) is 84.7 Å². The third-order valence-corrected chi connectivity index (χ3v) is 8.30. The first-order valence-electron chi connectivity index (χ1n) is 13.2. The molecule has 43 heavy (non-hydrogen) atoms. The molecule has 0 unspecified atom stereocenters. The number of ketones is 1. The molecule has 0 aliphatic carbocycles. The molecule has 1 aliphatic heterocycles. The number of ether oxygens (including phenoxy) is 1. The molecule has 1 saturated heterocycles. The topological polar surface area (TPSA) is 122 Å². The van der Waals surface area contributed by atoms with Crippen LogP contribution >= 0.6 is 0 Å². The average Bonchev–Trinajstić information content (AvgIpc) is 3.00. The molecule has 0 radical (unpaired) electrons. The summed E-state index contributed by atoms with van der Waals surface area (Å²) < 4.78 is 61.4. The lowest BCUT2D eigenvalue weighted by Crippen LogP contribution is -2.48. The van der Waals surface area contributed by atoms with Crippen molar-refractivity contribution in [2.75, 3.05) is 42.9 Å². The smallest absolute Gasteiger partial charge is 0.265 e. The van der Waals surface area contributed by atoms with Crippen molar-refractivity contribution in [3.8, 4) is 17.0 Å². The van der Waals surface area contributed by atoms with Crippen molar-refractivity contribution in [2.24, 2.45) is 0 Å². The van der Waals surface area contributed by atoms with E-state index < -0.39 is 26.6 Å². The molecule has 4 aromatic rings. The summed E-state index contributed by atoms with van der Waals surface area (Å²) in [6, 6.07) is 11.1. The number of pyridine rings is 2. The van der Waals surface area contributed by atoms with Crippen LogP contribution in [-0.2, 0) is 19.6 Å². The summed E-state index contributed by atoms with van der Waals surface area (Å²) in [4.78, 5) is 35.3. The second kappa shape index (κ2) is 12.1. The molecule has 2 aromatic heterocycles. The van der Waals surface area contributed by atoms with Gasteiger partial charge in [-0.1, -0.05) is 6.07 Å². The highest BCUT2D eigenvalue weighted by Gasteiger charge is 2.24. The standard InChI is InChI=1S/C30H27F2N5O5S/c1-19(38)3-8-29(39)37-13-11-36(12-14-37)27-9-10-33-25-7-4-20(15-23(25)27)21-16-26(30(42-2)34-18-21)35-43(40,41)28-17-22(31)5-6-24(28)32/h3-10,15-18,35H,11-14H2,1-2H3. The van der Waals surface area contributed by atoms with Crippen molar-refractivity contribution in [2.45, 2.75) is 11.8 Å². The number of piperazine rings is 1. The Morgan fingerprint density at radius 3 is 2.44 bits per heavy atom. The minimum atomic E-state index is -4.52. The van der Waals surface area contributed by atoms with Gasteiger partial charge in [-0.05, 0) is 61.0 Å². The summed E-state index contributed by atoms with van der Waals surface area (Å²) in [6.45, 7) is 3.47. The summed E-state index contributed by atoms with van der Waals surface area (Å²) >= 11 is 0. The monoisotopic (exact) mass is 607 g/mol. The fraction of sp³-hybridized carbons (Fsp3) is 0.200. The van der Waals surface area contributed by atoms with Crippen LogP contribution in [0.15, 0.2) is 78.0 Å². The number of amides is 1. The Bertz CT molecular complexity index is 1860. The Hall–Kier alpha value is -4.91. The van der Waals surface area contributed by atoms with Gasteiger partial charge in [0.15, 0.2) is 5.78 Å². The number of hydrogen-bond acceptors (Lipinski definition) is 8. The Labute approximate surface area is 246 Å². The maximum atomic E-state index is 14.3. The fourth-order valence-corrected chi connectivity index (χ4v) is 5.92. The molecule has 0 spiro atoms. The quantitative estimate of drug-likeness (QED) is 0.296. The van der Waals surface area contributed by atoms with Gasteiger partial charge in [0.05, 0.1) is 12.6 Å². The number of fused-ring (bicyclic) bond motifs is 1. The molecule has 3 heterocycles. The molecule has 0 atom stereocenters. The molecule has 0 saturated carbocycles. The van der Waals surface area contributed by atoms with Crippen LogP contribution in [0, 0.1) is 11.6 Å². The van der Waals surface area contributed by atoms with Gasteiger partial charge < -0.3 is 14.5 Å². The zero-order valence-corrected chi connectivity index (χ0v) is 24.1. The zero-order chi connectivity index (χ0) is 30.7. The molecular weight excluding hydrogens is 580 g/mol. The number of allylic oxidation sites excluding steroid dienone is 1. The second-order valence-corrected chi connectivity index (χ2v) is 11.4. The molecule has 5 rings (SSSR count). The van der Waals surface area contributed by atoms with E-state index in [9.17, 15) is 26.8 Å². The van der Waals surface area contributed by atoms with E-state index >= 15 is 0 Å². The molecule has 2 aromatic carbocycles. The first kappa shape index (κ1) is 29.6. The third-order valence-electron chi connectivity index (χ3n) is 6.92. The SMILES string of the molecule is COc1ncc(-c2ccc3nccc(N4CCN(C(=O)C=CC(C)=O)CC4)c3c2)cc1NS(=O)(=O)c1cc(F)ccc1F. The number of hydrogen-bond donors (Lipinski definition) is 1. The molecule has 0 bridgehead atoms. The highest BCUT2D eigenvalue weighted by molar-refractivity contribution is 7.92. The van der Waals surface area contributed by atoms with E-state index in [1.165, 1.54) is 38.4 Å². The number of carbonyl (C=O) groups is 2. The number of methoxy groups -OCH3 is 1.